The van der Waals surface area contributed by atoms with Crippen LogP contribution < -0.4 is 0 Å². The van der Waals surface area contributed by atoms with Gasteiger partial charge >= 0.3 is 0 Å². The first kappa shape index (κ1) is 12.4. The maximum absolute atomic E-state index is 13.8. The average molecular weight is 270 g/mol. The normalized spacial score (nSPS) is 28.8. The molecule has 0 spiro atoms. The van der Waals surface area contributed by atoms with Crippen molar-refractivity contribution in [2.45, 2.75) is 37.3 Å². The van der Waals surface area contributed by atoms with E-state index in [1.807, 2.05) is 0 Å². The highest BCUT2D eigenvalue weighted by molar-refractivity contribution is 6.30. The summed E-state index contributed by atoms with van der Waals surface area (Å²) in [7, 11) is 0. The van der Waals surface area contributed by atoms with Crippen molar-refractivity contribution >= 4 is 11.6 Å². The molecule has 98 valence electrons. The molecule has 2 nitrogen and oxygen atoms in total. The van der Waals surface area contributed by atoms with Crippen molar-refractivity contribution in [1.82, 2.24) is 4.90 Å². The van der Waals surface area contributed by atoms with Crippen molar-refractivity contribution in [1.29, 1.82) is 0 Å². The standard InChI is InChI=1S/C14H17ClFNO/c15-12-3-1-2-10(13(12)16)8-14(18)6-7-17(9-14)11-4-5-11/h1-3,11,18H,4-9H2. The number of nitrogens with zero attached hydrogens (tertiary/aromatic N) is 1. The fourth-order valence-corrected chi connectivity index (χ4v) is 3.02. The minimum Gasteiger partial charge on any atom is -0.388 e. The molecule has 1 heterocycles. The predicted molar refractivity (Wildman–Crippen MR) is 69.3 cm³/mol. The van der Waals surface area contributed by atoms with Crippen LogP contribution in [0.4, 0.5) is 4.39 Å². The van der Waals surface area contributed by atoms with Crippen molar-refractivity contribution in [3.63, 3.8) is 0 Å². The number of hydrogen-bond acceptors (Lipinski definition) is 2. The Morgan fingerprint density at radius 2 is 2.22 bits per heavy atom. The van der Waals surface area contributed by atoms with Gasteiger partial charge in [0, 0.05) is 25.6 Å². The predicted octanol–water partition coefficient (Wildman–Crippen LogP) is 2.62. The number of β-amino-alcohol motifs (C(OH)–C–C–N with tert-alkyl or cyclic N) is 1. The molecule has 0 aromatic heterocycles. The van der Waals surface area contributed by atoms with Crippen LogP contribution in [0.25, 0.3) is 0 Å². The summed E-state index contributed by atoms with van der Waals surface area (Å²) in [6.45, 7) is 1.58. The summed E-state index contributed by atoms with van der Waals surface area (Å²) in [6.07, 6.45) is 3.54. The summed E-state index contributed by atoms with van der Waals surface area (Å²) in [6, 6.07) is 5.63. The Bertz CT molecular complexity index is 463. The van der Waals surface area contributed by atoms with E-state index >= 15 is 0 Å². The fraction of sp³-hybridized carbons (Fsp3) is 0.571. The quantitative estimate of drug-likeness (QED) is 0.912. The van der Waals surface area contributed by atoms with E-state index in [1.54, 1.807) is 12.1 Å². The summed E-state index contributed by atoms with van der Waals surface area (Å²) < 4.78 is 13.8. The first-order chi connectivity index (χ1) is 8.57. The molecule has 0 radical (unpaired) electrons. The topological polar surface area (TPSA) is 23.5 Å². The first-order valence-electron chi connectivity index (χ1n) is 6.47. The van der Waals surface area contributed by atoms with Crippen LogP contribution in [-0.2, 0) is 6.42 Å². The van der Waals surface area contributed by atoms with Gasteiger partial charge in [0.15, 0.2) is 0 Å². The summed E-state index contributed by atoms with van der Waals surface area (Å²) in [5.74, 6) is -0.391. The van der Waals surface area contributed by atoms with Gasteiger partial charge in [0.25, 0.3) is 0 Å². The van der Waals surface area contributed by atoms with Crippen molar-refractivity contribution < 1.29 is 9.50 Å². The van der Waals surface area contributed by atoms with Gasteiger partial charge < -0.3 is 5.11 Å². The summed E-state index contributed by atoms with van der Waals surface area (Å²) in [4.78, 5) is 2.32. The number of aliphatic hydroxyl groups is 1. The zero-order valence-corrected chi connectivity index (χ0v) is 11.0. The lowest BCUT2D eigenvalue weighted by atomic mass is 9.93. The molecular weight excluding hydrogens is 253 g/mol. The van der Waals surface area contributed by atoms with Crippen LogP contribution in [-0.4, -0.2) is 34.7 Å². The molecule has 2 aliphatic rings. The van der Waals surface area contributed by atoms with Gasteiger partial charge in [-0.1, -0.05) is 23.7 Å². The van der Waals surface area contributed by atoms with Crippen molar-refractivity contribution in [2.75, 3.05) is 13.1 Å². The molecule has 18 heavy (non-hydrogen) atoms. The maximum Gasteiger partial charge on any atom is 0.145 e. The number of rotatable bonds is 3. The van der Waals surface area contributed by atoms with Gasteiger partial charge in [0.2, 0.25) is 0 Å². The van der Waals surface area contributed by atoms with Crippen LogP contribution in [0.3, 0.4) is 0 Å². The second-order valence-corrected chi connectivity index (χ2v) is 5.97. The summed E-state index contributed by atoms with van der Waals surface area (Å²) in [5, 5.41) is 10.7. The minimum absolute atomic E-state index is 0.133. The molecular formula is C14H17ClFNO. The van der Waals surface area contributed by atoms with Crippen LogP contribution in [0.15, 0.2) is 18.2 Å². The second-order valence-electron chi connectivity index (χ2n) is 5.57. The fourth-order valence-electron chi connectivity index (χ4n) is 2.82. The van der Waals surface area contributed by atoms with Crippen LogP contribution in [0.1, 0.15) is 24.8 Å². The Balaban J connectivity index is 1.73. The summed E-state index contributed by atoms with van der Waals surface area (Å²) in [5.41, 5.74) is -0.281. The highest BCUT2D eigenvalue weighted by atomic mass is 35.5. The van der Waals surface area contributed by atoms with Gasteiger partial charge in [0.1, 0.15) is 5.82 Å². The van der Waals surface area contributed by atoms with E-state index in [1.165, 1.54) is 18.9 Å². The van der Waals surface area contributed by atoms with E-state index in [0.29, 0.717) is 24.6 Å². The van der Waals surface area contributed by atoms with Crippen molar-refractivity contribution in [3.05, 3.63) is 34.6 Å². The van der Waals surface area contributed by atoms with Gasteiger partial charge in [-0.05, 0) is 30.9 Å². The molecule has 4 heteroatoms. The highest BCUT2D eigenvalue weighted by Gasteiger charge is 2.42. The van der Waals surface area contributed by atoms with Crippen LogP contribution >= 0.6 is 11.6 Å². The molecule has 0 amide bonds. The third kappa shape index (κ3) is 2.40. The van der Waals surface area contributed by atoms with Crippen LogP contribution in [0.2, 0.25) is 5.02 Å². The largest absolute Gasteiger partial charge is 0.388 e. The van der Waals surface area contributed by atoms with Gasteiger partial charge in [-0.15, -0.1) is 0 Å². The zero-order chi connectivity index (χ0) is 12.8. The highest BCUT2D eigenvalue weighted by Crippen LogP contribution is 2.35. The van der Waals surface area contributed by atoms with E-state index < -0.39 is 11.4 Å². The third-order valence-corrected chi connectivity index (χ3v) is 4.27. The van der Waals surface area contributed by atoms with E-state index in [9.17, 15) is 9.50 Å². The molecule has 2 fully saturated rings. The van der Waals surface area contributed by atoms with Crippen molar-refractivity contribution in [2.24, 2.45) is 0 Å². The van der Waals surface area contributed by atoms with Crippen LogP contribution in [0.5, 0.6) is 0 Å². The average Bonchev–Trinajstić information content (AvgIpc) is 3.10. The number of halogens is 2. The number of benzene rings is 1. The number of hydrogen-bond donors (Lipinski definition) is 1. The molecule has 1 aromatic rings. The lowest BCUT2D eigenvalue weighted by Crippen LogP contribution is -2.36. The molecule has 1 saturated carbocycles. The zero-order valence-electron chi connectivity index (χ0n) is 10.2. The van der Waals surface area contributed by atoms with E-state index in [-0.39, 0.29) is 5.02 Å². The number of likely N-dealkylation sites (tertiary alicyclic amines) is 1. The van der Waals surface area contributed by atoms with E-state index in [2.05, 4.69) is 4.90 Å². The first-order valence-corrected chi connectivity index (χ1v) is 6.84. The van der Waals surface area contributed by atoms with Crippen molar-refractivity contribution in [3.8, 4) is 0 Å². The SMILES string of the molecule is OC1(Cc2cccc(Cl)c2F)CCN(C2CC2)C1. The Labute approximate surface area is 111 Å². The van der Waals surface area contributed by atoms with Gasteiger partial charge in [-0.25, -0.2) is 4.39 Å². The second kappa shape index (κ2) is 4.48. The lowest BCUT2D eigenvalue weighted by molar-refractivity contribution is 0.0479. The molecule has 3 rings (SSSR count). The lowest BCUT2D eigenvalue weighted by Gasteiger charge is -2.24. The third-order valence-electron chi connectivity index (χ3n) is 3.98. The Morgan fingerprint density at radius 3 is 2.94 bits per heavy atom. The molecule has 0 bridgehead atoms. The minimum atomic E-state index is -0.798. The van der Waals surface area contributed by atoms with E-state index in [4.69, 9.17) is 11.6 Å². The maximum atomic E-state index is 13.8. The molecule has 1 unspecified atom stereocenters. The molecule has 1 aromatic carbocycles. The Hall–Kier alpha value is -0.640. The Morgan fingerprint density at radius 1 is 1.44 bits per heavy atom. The molecule has 1 atom stereocenters. The smallest absolute Gasteiger partial charge is 0.145 e. The molecule has 1 aliphatic heterocycles. The van der Waals surface area contributed by atoms with Gasteiger partial charge in [-0.2, -0.15) is 0 Å². The monoisotopic (exact) mass is 269 g/mol. The van der Waals surface area contributed by atoms with Crippen LogP contribution in [0, 0.1) is 5.82 Å². The molecule has 1 saturated heterocycles. The van der Waals surface area contributed by atoms with Gasteiger partial charge in [0.05, 0.1) is 10.6 Å². The molecule has 1 N–H and O–H groups in total. The van der Waals surface area contributed by atoms with Gasteiger partial charge in [-0.3, -0.25) is 4.90 Å². The Kier molecular flexibility index (Phi) is 3.08. The summed E-state index contributed by atoms with van der Waals surface area (Å²) >= 11 is 5.77. The molecule has 1 aliphatic carbocycles. The van der Waals surface area contributed by atoms with E-state index in [0.717, 1.165) is 13.0 Å².